The highest BCUT2D eigenvalue weighted by molar-refractivity contribution is 7.89. The van der Waals surface area contributed by atoms with Gasteiger partial charge in [0, 0.05) is 45.7 Å². The SMILES string of the molecule is O=C1CC(C(=O)N2CCN(S(=O)(=O)c3ccc(Cl)c(Cl)c3)CC2)CN1Cc1ccccc1. The number of amides is 2. The molecule has 0 N–H and O–H groups in total. The van der Waals surface area contributed by atoms with E-state index in [1.54, 1.807) is 9.80 Å². The lowest BCUT2D eigenvalue weighted by atomic mass is 10.1. The van der Waals surface area contributed by atoms with Crippen LogP contribution in [0.3, 0.4) is 0 Å². The van der Waals surface area contributed by atoms with Gasteiger partial charge in [-0.1, -0.05) is 53.5 Å². The van der Waals surface area contributed by atoms with Crippen molar-refractivity contribution in [2.24, 2.45) is 5.92 Å². The Labute approximate surface area is 197 Å². The van der Waals surface area contributed by atoms with Gasteiger partial charge in [0.05, 0.1) is 20.9 Å². The highest BCUT2D eigenvalue weighted by atomic mass is 35.5. The Morgan fingerprint density at radius 3 is 2.31 bits per heavy atom. The summed E-state index contributed by atoms with van der Waals surface area (Å²) in [6, 6.07) is 13.9. The first-order valence-corrected chi connectivity index (χ1v) is 12.5. The average Bonchev–Trinajstić information content (AvgIpc) is 3.16. The standard InChI is InChI=1S/C22H23Cl2N3O4S/c23-19-7-6-18(13-20(19)24)32(30,31)27-10-8-25(9-11-27)22(29)17-12-21(28)26(15-17)14-16-4-2-1-3-5-16/h1-7,13,17H,8-12,14-15H2. The molecule has 0 spiro atoms. The van der Waals surface area contributed by atoms with Crippen LogP contribution in [-0.4, -0.2) is 67.1 Å². The fourth-order valence-electron chi connectivity index (χ4n) is 4.09. The zero-order chi connectivity index (χ0) is 22.9. The fourth-order valence-corrected chi connectivity index (χ4v) is 5.90. The smallest absolute Gasteiger partial charge is 0.243 e. The third-order valence-corrected chi connectivity index (χ3v) is 8.49. The van der Waals surface area contributed by atoms with E-state index in [1.165, 1.54) is 22.5 Å². The minimum Gasteiger partial charge on any atom is -0.340 e. The molecule has 2 heterocycles. The number of carbonyl (C=O) groups excluding carboxylic acids is 2. The molecule has 4 rings (SSSR count). The summed E-state index contributed by atoms with van der Waals surface area (Å²) in [4.78, 5) is 28.9. The molecular weight excluding hydrogens is 473 g/mol. The van der Waals surface area contributed by atoms with Crippen LogP contribution in [0.25, 0.3) is 0 Å². The van der Waals surface area contributed by atoms with Gasteiger partial charge in [0.25, 0.3) is 0 Å². The lowest BCUT2D eigenvalue weighted by Crippen LogP contribution is -2.52. The first-order chi connectivity index (χ1) is 15.3. The van der Waals surface area contributed by atoms with Crippen LogP contribution in [0.2, 0.25) is 10.0 Å². The molecule has 2 amide bonds. The number of nitrogens with zero attached hydrogens (tertiary/aromatic N) is 3. The molecule has 0 bridgehead atoms. The number of likely N-dealkylation sites (tertiary alicyclic amines) is 1. The zero-order valence-corrected chi connectivity index (χ0v) is 19.6. The molecule has 1 unspecified atom stereocenters. The predicted molar refractivity (Wildman–Crippen MR) is 122 cm³/mol. The van der Waals surface area contributed by atoms with E-state index in [4.69, 9.17) is 23.2 Å². The van der Waals surface area contributed by atoms with Crippen LogP contribution in [0.1, 0.15) is 12.0 Å². The van der Waals surface area contributed by atoms with E-state index in [1.807, 2.05) is 30.3 Å². The van der Waals surface area contributed by atoms with E-state index in [0.29, 0.717) is 13.1 Å². The number of halogens is 2. The van der Waals surface area contributed by atoms with Crippen molar-refractivity contribution in [3.05, 3.63) is 64.1 Å². The van der Waals surface area contributed by atoms with Crippen molar-refractivity contribution >= 4 is 45.0 Å². The van der Waals surface area contributed by atoms with E-state index in [0.717, 1.165) is 5.56 Å². The maximum atomic E-state index is 13.0. The second kappa shape index (κ2) is 9.39. The van der Waals surface area contributed by atoms with Crippen LogP contribution < -0.4 is 0 Å². The van der Waals surface area contributed by atoms with Gasteiger partial charge >= 0.3 is 0 Å². The first kappa shape index (κ1) is 23.0. The Bertz CT molecular complexity index is 1120. The largest absolute Gasteiger partial charge is 0.340 e. The molecule has 2 aromatic rings. The first-order valence-electron chi connectivity index (χ1n) is 10.3. The van der Waals surface area contributed by atoms with E-state index < -0.39 is 15.9 Å². The van der Waals surface area contributed by atoms with Crippen molar-refractivity contribution in [2.75, 3.05) is 32.7 Å². The average molecular weight is 496 g/mol. The van der Waals surface area contributed by atoms with Crippen LogP contribution in [-0.2, 0) is 26.2 Å². The Morgan fingerprint density at radius 1 is 0.969 bits per heavy atom. The molecule has 1 atom stereocenters. The number of hydrogen-bond acceptors (Lipinski definition) is 4. The Kier molecular flexibility index (Phi) is 6.76. The number of hydrogen-bond donors (Lipinski definition) is 0. The van der Waals surface area contributed by atoms with Gasteiger partial charge in [-0.05, 0) is 23.8 Å². The van der Waals surface area contributed by atoms with Crippen molar-refractivity contribution in [1.29, 1.82) is 0 Å². The van der Waals surface area contributed by atoms with E-state index in [9.17, 15) is 18.0 Å². The maximum absolute atomic E-state index is 13.0. The van der Waals surface area contributed by atoms with E-state index >= 15 is 0 Å². The minimum atomic E-state index is -3.73. The summed E-state index contributed by atoms with van der Waals surface area (Å²) in [5, 5.41) is 0.459. The Morgan fingerprint density at radius 2 is 1.66 bits per heavy atom. The van der Waals surface area contributed by atoms with Gasteiger partial charge in [0.1, 0.15) is 0 Å². The molecule has 170 valence electrons. The molecule has 10 heteroatoms. The maximum Gasteiger partial charge on any atom is 0.243 e. The fraction of sp³-hybridized carbons (Fsp3) is 0.364. The molecule has 0 aliphatic carbocycles. The van der Waals surface area contributed by atoms with Crippen molar-refractivity contribution in [3.8, 4) is 0 Å². The third-order valence-electron chi connectivity index (χ3n) is 5.86. The lowest BCUT2D eigenvalue weighted by molar-refractivity contribution is -0.137. The van der Waals surface area contributed by atoms with Crippen molar-refractivity contribution in [3.63, 3.8) is 0 Å². The quantitative estimate of drug-likeness (QED) is 0.638. The summed E-state index contributed by atoms with van der Waals surface area (Å²) < 4.78 is 27.2. The topological polar surface area (TPSA) is 78.0 Å². The molecule has 2 aromatic carbocycles. The van der Waals surface area contributed by atoms with Crippen LogP contribution >= 0.6 is 23.2 Å². The molecule has 2 saturated heterocycles. The summed E-state index contributed by atoms with van der Waals surface area (Å²) >= 11 is 11.9. The van der Waals surface area contributed by atoms with Gasteiger partial charge in [0.2, 0.25) is 21.8 Å². The second-order valence-corrected chi connectivity index (χ2v) is 10.7. The summed E-state index contributed by atoms with van der Waals surface area (Å²) in [7, 11) is -3.73. The molecule has 0 saturated carbocycles. The number of rotatable bonds is 5. The molecule has 2 fully saturated rings. The monoisotopic (exact) mass is 495 g/mol. The highest BCUT2D eigenvalue weighted by Gasteiger charge is 2.38. The van der Waals surface area contributed by atoms with Crippen LogP contribution in [0.4, 0.5) is 0 Å². The molecule has 7 nitrogen and oxygen atoms in total. The number of carbonyl (C=O) groups is 2. The number of benzene rings is 2. The lowest BCUT2D eigenvalue weighted by Gasteiger charge is -2.35. The van der Waals surface area contributed by atoms with Crippen LogP contribution in [0.5, 0.6) is 0 Å². The number of sulfonamides is 1. The zero-order valence-electron chi connectivity index (χ0n) is 17.3. The van der Waals surface area contributed by atoms with Crippen molar-refractivity contribution in [2.45, 2.75) is 17.9 Å². The Balaban J connectivity index is 1.35. The summed E-state index contributed by atoms with van der Waals surface area (Å²) in [5.74, 6) is -0.530. The normalized spacial score (nSPS) is 20.1. The predicted octanol–water partition coefficient (Wildman–Crippen LogP) is 2.88. The third kappa shape index (κ3) is 4.78. The minimum absolute atomic E-state index is 0.0342. The molecule has 0 radical (unpaired) electrons. The van der Waals surface area contributed by atoms with Gasteiger partial charge in [-0.25, -0.2) is 8.42 Å². The van der Waals surface area contributed by atoms with Gasteiger partial charge in [-0.15, -0.1) is 0 Å². The summed E-state index contributed by atoms with van der Waals surface area (Å²) in [5.41, 5.74) is 1.02. The highest BCUT2D eigenvalue weighted by Crippen LogP contribution is 2.28. The van der Waals surface area contributed by atoms with Gasteiger partial charge in [0.15, 0.2) is 0 Å². The molecule has 0 aromatic heterocycles. The molecule has 2 aliphatic rings. The van der Waals surface area contributed by atoms with Crippen LogP contribution in [0, 0.1) is 5.92 Å². The summed E-state index contributed by atoms with van der Waals surface area (Å²) in [6.45, 7) is 1.80. The second-order valence-electron chi connectivity index (χ2n) is 7.97. The Hall–Kier alpha value is -2.13. The summed E-state index contributed by atoms with van der Waals surface area (Å²) in [6.07, 6.45) is 0.188. The molecular formula is C22H23Cl2N3O4S. The number of piperazine rings is 1. The van der Waals surface area contributed by atoms with Crippen LogP contribution in [0.15, 0.2) is 53.4 Å². The van der Waals surface area contributed by atoms with Crippen molar-refractivity contribution in [1.82, 2.24) is 14.1 Å². The van der Waals surface area contributed by atoms with Gasteiger partial charge < -0.3 is 9.80 Å². The molecule has 32 heavy (non-hydrogen) atoms. The molecule has 2 aliphatic heterocycles. The van der Waals surface area contributed by atoms with E-state index in [2.05, 4.69) is 0 Å². The van der Waals surface area contributed by atoms with Gasteiger partial charge in [-0.2, -0.15) is 4.31 Å². The van der Waals surface area contributed by atoms with Gasteiger partial charge in [-0.3, -0.25) is 9.59 Å². The van der Waals surface area contributed by atoms with E-state index in [-0.39, 0.29) is 59.4 Å². The van der Waals surface area contributed by atoms with Crippen molar-refractivity contribution < 1.29 is 18.0 Å².